The van der Waals surface area contributed by atoms with Gasteiger partial charge in [-0.25, -0.2) is 0 Å². The molecule has 1 fully saturated rings. The minimum absolute atomic E-state index is 0.194. The molecule has 1 aromatic rings. The lowest BCUT2D eigenvalue weighted by molar-refractivity contribution is -0.189. The summed E-state index contributed by atoms with van der Waals surface area (Å²) in [5, 5.41) is 10.8. The van der Waals surface area contributed by atoms with E-state index in [2.05, 4.69) is 26.0 Å². The van der Waals surface area contributed by atoms with Gasteiger partial charge in [-0.1, -0.05) is 17.2 Å². The highest BCUT2D eigenvalue weighted by Gasteiger charge is 2.47. The highest BCUT2D eigenvalue weighted by Crippen LogP contribution is 2.55. The Morgan fingerprint density at radius 1 is 1.29 bits per heavy atom. The molecule has 128 valence electrons. The molecular formula is C21H26O3. The largest absolute Gasteiger partial charge is 0.507 e. The summed E-state index contributed by atoms with van der Waals surface area (Å²) in [5.74, 6) is 0.810. The molecule has 2 bridgehead atoms. The molecule has 0 amide bonds. The molecule has 1 heterocycles. The third kappa shape index (κ3) is 2.37. The molecule has 0 saturated heterocycles. The molecule has 1 aromatic carbocycles. The van der Waals surface area contributed by atoms with Crippen LogP contribution in [0.3, 0.4) is 0 Å². The molecule has 2 unspecified atom stereocenters. The number of aromatic hydroxyl groups is 1. The number of allylic oxidation sites excluding steroid dienone is 4. The average molecular weight is 326 g/mol. The molecule has 24 heavy (non-hydrogen) atoms. The Kier molecular flexibility index (Phi) is 3.72. The molecule has 0 spiro atoms. The molecule has 1 N–H and O–H groups in total. The van der Waals surface area contributed by atoms with Gasteiger partial charge in [0.1, 0.15) is 11.5 Å². The summed E-state index contributed by atoms with van der Waals surface area (Å²) >= 11 is 0. The number of hydrogen-bond acceptors (Lipinski definition) is 3. The van der Waals surface area contributed by atoms with Crippen molar-refractivity contribution in [2.24, 2.45) is 0 Å². The van der Waals surface area contributed by atoms with Crippen LogP contribution in [0, 0.1) is 0 Å². The highest BCUT2D eigenvalue weighted by molar-refractivity contribution is 5.71. The van der Waals surface area contributed by atoms with Crippen LogP contribution in [0.4, 0.5) is 0 Å². The monoisotopic (exact) mass is 326 g/mol. The fourth-order valence-electron chi connectivity index (χ4n) is 4.60. The smallest absolute Gasteiger partial charge is 0.211 e. The first-order chi connectivity index (χ1) is 11.5. The van der Waals surface area contributed by atoms with Gasteiger partial charge in [0.25, 0.3) is 0 Å². The van der Waals surface area contributed by atoms with Crippen LogP contribution in [0.2, 0.25) is 0 Å². The van der Waals surface area contributed by atoms with Crippen LogP contribution in [0.5, 0.6) is 11.5 Å². The van der Waals surface area contributed by atoms with Gasteiger partial charge in [0.15, 0.2) is 0 Å². The molecule has 3 nitrogen and oxygen atoms in total. The second-order valence-electron chi connectivity index (χ2n) is 7.53. The van der Waals surface area contributed by atoms with Crippen molar-refractivity contribution in [1.29, 1.82) is 0 Å². The maximum absolute atomic E-state index is 10.8. The van der Waals surface area contributed by atoms with E-state index < -0.39 is 5.79 Å². The van der Waals surface area contributed by atoms with Gasteiger partial charge in [-0.05, 0) is 62.8 Å². The predicted octanol–water partition coefficient (Wildman–Crippen LogP) is 5.30. The fraction of sp³-hybridized carbons (Fsp3) is 0.524. The van der Waals surface area contributed by atoms with Gasteiger partial charge in [0.2, 0.25) is 5.79 Å². The summed E-state index contributed by atoms with van der Waals surface area (Å²) < 4.78 is 12.1. The summed E-state index contributed by atoms with van der Waals surface area (Å²) in [6.07, 6.45) is 8.29. The molecule has 4 rings (SSSR count). The molecule has 1 saturated carbocycles. The van der Waals surface area contributed by atoms with Crippen molar-refractivity contribution in [3.63, 3.8) is 0 Å². The molecule has 1 aliphatic heterocycles. The van der Waals surface area contributed by atoms with Gasteiger partial charge in [-0.2, -0.15) is 0 Å². The zero-order chi connectivity index (χ0) is 16.9. The number of phenols is 1. The summed E-state index contributed by atoms with van der Waals surface area (Å²) in [6, 6.07) is 4.04. The molecular weight excluding hydrogens is 300 g/mol. The normalized spacial score (nSPS) is 28.2. The van der Waals surface area contributed by atoms with Crippen molar-refractivity contribution in [3.05, 3.63) is 40.5 Å². The van der Waals surface area contributed by atoms with Crippen LogP contribution in [0.15, 0.2) is 29.4 Å². The maximum atomic E-state index is 10.8. The first-order valence-corrected chi connectivity index (χ1v) is 9.00. The number of rotatable bonds is 2. The Balaban J connectivity index is 1.86. The van der Waals surface area contributed by atoms with E-state index in [0.29, 0.717) is 5.75 Å². The van der Waals surface area contributed by atoms with Crippen LogP contribution in [0.1, 0.15) is 69.4 Å². The van der Waals surface area contributed by atoms with Crippen LogP contribution < -0.4 is 4.74 Å². The van der Waals surface area contributed by atoms with Crippen molar-refractivity contribution >= 4 is 5.57 Å². The lowest BCUT2D eigenvalue weighted by atomic mass is 9.72. The van der Waals surface area contributed by atoms with Gasteiger partial charge >= 0.3 is 0 Å². The van der Waals surface area contributed by atoms with E-state index in [1.54, 1.807) is 7.11 Å². The number of ether oxygens (including phenoxy) is 2. The van der Waals surface area contributed by atoms with Crippen LogP contribution in [-0.4, -0.2) is 18.0 Å². The number of methoxy groups -OCH3 is 1. The third-order valence-corrected chi connectivity index (χ3v) is 5.90. The van der Waals surface area contributed by atoms with E-state index in [1.165, 1.54) is 23.1 Å². The van der Waals surface area contributed by atoms with Gasteiger partial charge in [-0.15, -0.1) is 0 Å². The number of fused-ring (bicyclic) bond motifs is 4. The number of benzene rings is 1. The second kappa shape index (κ2) is 5.66. The lowest BCUT2D eigenvalue weighted by Crippen LogP contribution is -2.46. The molecule has 0 aromatic heterocycles. The molecule has 3 aliphatic rings. The van der Waals surface area contributed by atoms with Crippen molar-refractivity contribution in [3.8, 4) is 11.5 Å². The Bertz CT molecular complexity index is 740. The zero-order valence-electron chi connectivity index (χ0n) is 14.8. The van der Waals surface area contributed by atoms with Crippen molar-refractivity contribution in [2.45, 2.75) is 64.1 Å². The zero-order valence-corrected chi connectivity index (χ0v) is 14.8. The highest BCUT2D eigenvalue weighted by atomic mass is 16.7. The standard InChI is InChI=1S/C21H26O3/c1-13(2)16-8-9-21(23-3)12-17(16)20-18(22)10-15(11-19(20)24-21)14-6-4-5-7-14/h6,10-11,17,22H,4-5,7-9,12H2,1-3H3. The van der Waals surface area contributed by atoms with Crippen LogP contribution >= 0.6 is 0 Å². The van der Waals surface area contributed by atoms with E-state index in [0.717, 1.165) is 49.0 Å². The third-order valence-electron chi connectivity index (χ3n) is 5.90. The van der Waals surface area contributed by atoms with E-state index >= 15 is 0 Å². The summed E-state index contributed by atoms with van der Waals surface area (Å²) in [5.41, 5.74) is 6.13. The Hall–Kier alpha value is -1.74. The first kappa shape index (κ1) is 15.8. The molecule has 3 heteroatoms. The van der Waals surface area contributed by atoms with Gasteiger partial charge in [0, 0.05) is 31.4 Å². The average Bonchev–Trinajstić information content (AvgIpc) is 3.08. The Labute approximate surface area is 144 Å². The van der Waals surface area contributed by atoms with Crippen molar-refractivity contribution in [1.82, 2.24) is 0 Å². The molecule has 0 radical (unpaired) electrons. The summed E-state index contributed by atoms with van der Waals surface area (Å²) in [4.78, 5) is 0. The van der Waals surface area contributed by atoms with Gasteiger partial charge in [0.05, 0.1) is 0 Å². The Morgan fingerprint density at radius 2 is 2.12 bits per heavy atom. The second-order valence-corrected chi connectivity index (χ2v) is 7.53. The van der Waals surface area contributed by atoms with E-state index in [4.69, 9.17) is 9.47 Å². The van der Waals surface area contributed by atoms with Gasteiger partial charge in [-0.3, -0.25) is 0 Å². The minimum atomic E-state index is -0.550. The SMILES string of the molecule is COC12CCC(=C(C)C)C(C1)c1c(O)cc(C3=CCCC3)cc1O2. The Morgan fingerprint density at radius 3 is 2.79 bits per heavy atom. The first-order valence-electron chi connectivity index (χ1n) is 9.00. The lowest BCUT2D eigenvalue weighted by Gasteiger charge is -2.46. The van der Waals surface area contributed by atoms with E-state index in [9.17, 15) is 5.11 Å². The topological polar surface area (TPSA) is 38.7 Å². The minimum Gasteiger partial charge on any atom is -0.507 e. The summed E-state index contributed by atoms with van der Waals surface area (Å²) in [6.45, 7) is 4.33. The van der Waals surface area contributed by atoms with Crippen LogP contribution in [0.25, 0.3) is 5.57 Å². The van der Waals surface area contributed by atoms with Crippen molar-refractivity contribution < 1.29 is 14.6 Å². The quantitative estimate of drug-likeness (QED) is 0.750. The molecule has 2 atom stereocenters. The van der Waals surface area contributed by atoms with E-state index in [1.807, 2.05) is 6.07 Å². The fourth-order valence-corrected chi connectivity index (χ4v) is 4.60. The van der Waals surface area contributed by atoms with E-state index in [-0.39, 0.29) is 5.92 Å². The van der Waals surface area contributed by atoms with Gasteiger partial charge < -0.3 is 14.6 Å². The summed E-state index contributed by atoms with van der Waals surface area (Å²) in [7, 11) is 1.73. The van der Waals surface area contributed by atoms with Crippen LogP contribution in [-0.2, 0) is 4.74 Å². The maximum Gasteiger partial charge on any atom is 0.211 e. The molecule has 2 aliphatic carbocycles. The number of hydrogen-bond donors (Lipinski definition) is 1. The number of phenolic OH excluding ortho intramolecular Hbond substituents is 1. The predicted molar refractivity (Wildman–Crippen MR) is 95.3 cm³/mol. The van der Waals surface area contributed by atoms with Crippen molar-refractivity contribution in [2.75, 3.05) is 7.11 Å².